The van der Waals surface area contributed by atoms with E-state index in [1.165, 1.54) is 0 Å². The van der Waals surface area contributed by atoms with Gasteiger partial charge in [-0.25, -0.2) is 0 Å². The molecule has 0 amide bonds. The van der Waals surface area contributed by atoms with E-state index in [1.54, 1.807) is 7.11 Å². The molecule has 0 spiro atoms. The minimum absolute atomic E-state index is 0.136. The molecule has 1 fully saturated rings. The number of nitriles is 1. The maximum Gasteiger partial charge on any atom is 0.169 e. The molecule has 2 heterocycles. The predicted molar refractivity (Wildman–Crippen MR) is 76.4 cm³/mol. The van der Waals surface area contributed by atoms with E-state index >= 15 is 0 Å². The van der Waals surface area contributed by atoms with Gasteiger partial charge in [-0.2, -0.15) is 10.4 Å². The van der Waals surface area contributed by atoms with Gasteiger partial charge in [0.2, 0.25) is 0 Å². The van der Waals surface area contributed by atoms with Gasteiger partial charge in [-0.1, -0.05) is 0 Å². The van der Waals surface area contributed by atoms with E-state index in [1.807, 2.05) is 13.8 Å². The Morgan fingerprint density at radius 1 is 1.45 bits per heavy atom. The first kappa shape index (κ1) is 14.7. The summed E-state index contributed by atoms with van der Waals surface area (Å²) in [6.45, 7) is 5.07. The fourth-order valence-electron chi connectivity index (χ4n) is 2.66. The van der Waals surface area contributed by atoms with Crippen LogP contribution < -0.4 is 10.6 Å². The lowest BCUT2D eigenvalue weighted by atomic mass is 9.98. The van der Waals surface area contributed by atoms with Gasteiger partial charge in [0.15, 0.2) is 5.82 Å². The number of ether oxygens (including phenoxy) is 1. The molecule has 2 rings (SSSR count). The van der Waals surface area contributed by atoms with E-state index in [0.717, 1.165) is 30.6 Å². The highest BCUT2D eigenvalue weighted by Crippen LogP contribution is 2.28. The van der Waals surface area contributed by atoms with Gasteiger partial charge in [0.1, 0.15) is 11.6 Å². The van der Waals surface area contributed by atoms with Crippen LogP contribution in [0.15, 0.2) is 0 Å². The van der Waals surface area contributed by atoms with Crippen molar-refractivity contribution in [3.63, 3.8) is 0 Å². The molecular formula is C14H21N5O. The maximum absolute atomic E-state index is 9.41. The topological polar surface area (TPSA) is 88.1 Å². The molecule has 6 nitrogen and oxygen atoms in total. The molecule has 0 radical (unpaired) electrons. The molecule has 0 aliphatic carbocycles. The van der Waals surface area contributed by atoms with Gasteiger partial charge >= 0.3 is 0 Å². The second kappa shape index (κ2) is 6.16. The number of methoxy groups -OCH3 is 1. The number of nitrogens with two attached hydrogens (primary N) is 1. The van der Waals surface area contributed by atoms with E-state index in [9.17, 15) is 5.26 Å². The minimum Gasteiger partial charge on any atom is -0.381 e. The van der Waals surface area contributed by atoms with Gasteiger partial charge in [0.25, 0.3) is 0 Å². The molecule has 20 heavy (non-hydrogen) atoms. The number of hydrogen-bond acceptors (Lipinski definition) is 6. The van der Waals surface area contributed by atoms with E-state index in [0.29, 0.717) is 17.9 Å². The zero-order chi connectivity index (χ0) is 14.7. The maximum atomic E-state index is 9.41. The Bertz CT molecular complexity index is 525. The molecule has 2 N–H and O–H groups in total. The van der Waals surface area contributed by atoms with Gasteiger partial charge in [-0.3, -0.25) is 0 Å². The molecular weight excluding hydrogens is 254 g/mol. The largest absolute Gasteiger partial charge is 0.381 e. The van der Waals surface area contributed by atoms with Gasteiger partial charge in [0.05, 0.1) is 11.8 Å². The predicted octanol–water partition coefficient (Wildman–Crippen LogP) is 0.908. The van der Waals surface area contributed by atoms with Crippen LogP contribution in [0.3, 0.4) is 0 Å². The first-order valence-electron chi connectivity index (χ1n) is 6.85. The average molecular weight is 275 g/mol. The Labute approximate surface area is 119 Å². The number of anilines is 1. The average Bonchev–Trinajstić information content (AvgIpc) is 2.49. The SMILES string of the molecule is COC1CCN(c2nnc(C)c(C)c2C#N)C(CN)C1. The number of hydrogen-bond donors (Lipinski definition) is 1. The molecule has 6 heteroatoms. The van der Waals surface area contributed by atoms with Crippen molar-refractivity contribution in [2.45, 2.75) is 38.8 Å². The van der Waals surface area contributed by atoms with Crippen LogP contribution in [0.25, 0.3) is 0 Å². The highest BCUT2D eigenvalue weighted by atomic mass is 16.5. The molecule has 2 unspecified atom stereocenters. The fourth-order valence-corrected chi connectivity index (χ4v) is 2.66. The Balaban J connectivity index is 2.36. The zero-order valence-corrected chi connectivity index (χ0v) is 12.3. The molecule has 1 aliphatic heterocycles. The summed E-state index contributed by atoms with van der Waals surface area (Å²) in [5.74, 6) is 0.653. The molecule has 1 saturated heterocycles. The normalized spacial score (nSPS) is 22.6. The van der Waals surface area contributed by atoms with Crippen molar-refractivity contribution < 1.29 is 4.74 Å². The van der Waals surface area contributed by atoms with Gasteiger partial charge in [-0.15, -0.1) is 5.10 Å². The Kier molecular flexibility index (Phi) is 4.53. The fraction of sp³-hybridized carbons (Fsp3) is 0.643. The number of aromatic nitrogens is 2. The van der Waals surface area contributed by atoms with Crippen molar-refractivity contribution in [2.75, 3.05) is 25.1 Å². The number of rotatable bonds is 3. The summed E-state index contributed by atoms with van der Waals surface area (Å²) in [6, 6.07) is 2.39. The standard InChI is InChI=1S/C14H21N5O/c1-9-10(2)17-18-14(13(9)8-16)19-5-4-12(20-3)6-11(19)7-15/h11-12H,4-7,15H2,1-3H3. The Morgan fingerprint density at radius 3 is 2.80 bits per heavy atom. The summed E-state index contributed by atoms with van der Waals surface area (Å²) in [5, 5.41) is 17.8. The van der Waals surface area contributed by atoms with Gasteiger partial charge in [0, 0.05) is 26.2 Å². The summed E-state index contributed by atoms with van der Waals surface area (Å²) >= 11 is 0. The monoisotopic (exact) mass is 275 g/mol. The van der Waals surface area contributed by atoms with Crippen molar-refractivity contribution in [3.8, 4) is 6.07 Å². The van der Waals surface area contributed by atoms with Crippen LogP contribution in [-0.4, -0.2) is 42.5 Å². The number of piperidine rings is 1. The van der Waals surface area contributed by atoms with Crippen molar-refractivity contribution >= 4 is 5.82 Å². The third kappa shape index (κ3) is 2.60. The van der Waals surface area contributed by atoms with Crippen LogP contribution in [0.1, 0.15) is 29.7 Å². The third-order valence-corrected chi connectivity index (χ3v) is 4.09. The minimum atomic E-state index is 0.136. The quantitative estimate of drug-likeness (QED) is 0.882. The lowest BCUT2D eigenvalue weighted by Gasteiger charge is -2.39. The zero-order valence-electron chi connectivity index (χ0n) is 12.3. The molecule has 2 atom stereocenters. The van der Waals surface area contributed by atoms with Crippen molar-refractivity contribution in [2.24, 2.45) is 5.73 Å². The van der Waals surface area contributed by atoms with Crippen LogP contribution in [-0.2, 0) is 4.74 Å². The van der Waals surface area contributed by atoms with Crippen LogP contribution in [0, 0.1) is 25.2 Å². The first-order valence-corrected chi connectivity index (χ1v) is 6.85. The highest BCUT2D eigenvalue weighted by Gasteiger charge is 2.30. The van der Waals surface area contributed by atoms with Gasteiger partial charge in [-0.05, 0) is 32.3 Å². The summed E-state index contributed by atoms with van der Waals surface area (Å²) < 4.78 is 5.42. The molecule has 0 bridgehead atoms. The molecule has 0 aromatic carbocycles. The second-order valence-electron chi connectivity index (χ2n) is 5.19. The lowest BCUT2D eigenvalue weighted by molar-refractivity contribution is 0.0707. The molecule has 0 saturated carbocycles. The van der Waals surface area contributed by atoms with Gasteiger partial charge < -0.3 is 15.4 Å². The van der Waals surface area contributed by atoms with Crippen molar-refractivity contribution in [1.82, 2.24) is 10.2 Å². The van der Waals surface area contributed by atoms with Crippen molar-refractivity contribution in [1.29, 1.82) is 5.26 Å². The number of aryl methyl sites for hydroxylation is 1. The summed E-state index contributed by atoms with van der Waals surface area (Å²) in [6.07, 6.45) is 1.99. The summed E-state index contributed by atoms with van der Waals surface area (Å²) in [5.41, 5.74) is 8.17. The highest BCUT2D eigenvalue weighted by molar-refractivity contribution is 5.58. The Hall–Kier alpha value is -1.71. The smallest absolute Gasteiger partial charge is 0.169 e. The Morgan fingerprint density at radius 2 is 2.20 bits per heavy atom. The lowest BCUT2D eigenvalue weighted by Crippen LogP contribution is -2.49. The summed E-state index contributed by atoms with van der Waals surface area (Å²) in [4.78, 5) is 2.10. The van der Waals surface area contributed by atoms with Crippen molar-refractivity contribution in [3.05, 3.63) is 16.8 Å². The van der Waals surface area contributed by atoms with E-state index in [2.05, 4.69) is 21.2 Å². The van der Waals surface area contributed by atoms with Crippen LogP contribution in [0.4, 0.5) is 5.82 Å². The molecule has 108 valence electrons. The molecule has 1 aromatic heterocycles. The molecule has 1 aliphatic rings. The van der Waals surface area contributed by atoms with E-state index in [-0.39, 0.29) is 12.1 Å². The summed E-state index contributed by atoms with van der Waals surface area (Å²) in [7, 11) is 1.73. The number of nitrogens with zero attached hydrogens (tertiary/aromatic N) is 4. The van der Waals surface area contributed by atoms with Crippen LogP contribution in [0.2, 0.25) is 0 Å². The third-order valence-electron chi connectivity index (χ3n) is 4.09. The van der Waals surface area contributed by atoms with E-state index < -0.39 is 0 Å². The van der Waals surface area contributed by atoms with E-state index in [4.69, 9.17) is 10.5 Å². The van der Waals surface area contributed by atoms with Crippen LogP contribution in [0.5, 0.6) is 0 Å². The first-order chi connectivity index (χ1) is 9.62. The second-order valence-corrected chi connectivity index (χ2v) is 5.19. The molecule has 1 aromatic rings. The van der Waals surface area contributed by atoms with Crippen LogP contribution >= 0.6 is 0 Å².